The van der Waals surface area contributed by atoms with Crippen molar-refractivity contribution in [1.82, 2.24) is 0 Å². The minimum Gasteiger partial charge on any atom is -0.462 e. The number of aliphatic hydroxyl groups is 1. The molecule has 510 valence electrons. The predicted molar refractivity (Wildman–Crippen MR) is 344 cm³/mol. The number of esters is 4. The molecule has 2 unspecified atom stereocenters. The van der Waals surface area contributed by atoms with Gasteiger partial charge in [-0.2, -0.15) is 0 Å². The van der Waals surface area contributed by atoms with E-state index in [4.69, 9.17) is 37.0 Å². The maximum atomic E-state index is 13.0. The summed E-state index contributed by atoms with van der Waals surface area (Å²) >= 11 is 0. The number of aliphatic hydroxyl groups excluding tert-OH is 1. The van der Waals surface area contributed by atoms with Gasteiger partial charge >= 0.3 is 39.5 Å². The zero-order valence-corrected chi connectivity index (χ0v) is 57.7. The summed E-state index contributed by atoms with van der Waals surface area (Å²) in [5, 5.41) is 10.5. The Labute approximate surface area is 524 Å². The third-order valence-corrected chi connectivity index (χ3v) is 17.2. The molecule has 0 aromatic heterocycles. The van der Waals surface area contributed by atoms with Gasteiger partial charge in [0.1, 0.15) is 19.3 Å². The van der Waals surface area contributed by atoms with Crippen LogP contribution in [-0.4, -0.2) is 96.7 Å². The van der Waals surface area contributed by atoms with Gasteiger partial charge in [0.2, 0.25) is 0 Å². The second-order valence-corrected chi connectivity index (χ2v) is 29.0. The zero-order valence-electron chi connectivity index (χ0n) is 55.9. The van der Waals surface area contributed by atoms with Crippen LogP contribution in [0, 0.1) is 23.7 Å². The quantitative estimate of drug-likeness (QED) is 0.0222. The van der Waals surface area contributed by atoms with Crippen molar-refractivity contribution in [2.75, 3.05) is 39.6 Å². The summed E-state index contributed by atoms with van der Waals surface area (Å²) in [6.07, 6.45) is 38.2. The number of unbranched alkanes of at least 4 members (excludes halogenated alkanes) is 30. The fraction of sp³-hybridized carbons (Fsp3) is 0.940. The van der Waals surface area contributed by atoms with Crippen molar-refractivity contribution in [2.45, 2.75) is 343 Å². The van der Waals surface area contributed by atoms with Crippen LogP contribution in [0.2, 0.25) is 0 Å². The van der Waals surface area contributed by atoms with Crippen LogP contribution < -0.4 is 0 Å². The number of hydrogen-bond donors (Lipinski definition) is 3. The predicted octanol–water partition coefficient (Wildman–Crippen LogP) is 18.5. The van der Waals surface area contributed by atoms with Crippen molar-refractivity contribution >= 4 is 39.5 Å². The van der Waals surface area contributed by atoms with Gasteiger partial charge in [-0.1, -0.05) is 274 Å². The van der Waals surface area contributed by atoms with Gasteiger partial charge < -0.3 is 33.8 Å². The highest BCUT2D eigenvalue weighted by molar-refractivity contribution is 7.47. The highest BCUT2D eigenvalue weighted by Crippen LogP contribution is 2.45. The van der Waals surface area contributed by atoms with E-state index in [-0.39, 0.29) is 25.7 Å². The lowest BCUT2D eigenvalue weighted by Crippen LogP contribution is -2.30. The minimum atomic E-state index is -4.95. The summed E-state index contributed by atoms with van der Waals surface area (Å²) in [6.45, 7) is 13.9. The summed E-state index contributed by atoms with van der Waals surface area (Å²) < 4.78 is 68.0. The van der Waals surface area contributed by atoms with Gasteiger partial charge in [-0.3, -0.25) is 37.3 Å². The molecule has 0 aromatic carbocycles. The molecule has 0 fully saturated rings. The maximum Gasteiger partial charge on any atom is 0.472 e. The van der Waals surface area contributed by atoms with Crippen LogP contribution in [-0.2, 0) is 65.4 Å². The van der Waals surface area contributed by atoms with Gasteiger partial charge in [-0.15, -0.1) is 0 Å². The van der Waals surface area contributed by atoms with E-state index in [2.05, 4.69) is 55.4 Å². The van der Waals surface area contributed by atoms with Crippen molar-refractivity contribution in [3.63, 3.8) is 0 Å². The molecule has 0 heterocycles. The van der Waals surface area contributed by atoms with E-state index in [1.807, 2.05) is 0 Å². The Morgan fingerprint density at radius 1 is 0.291 bits per heavy atom. The second kappa shape index (κ2) is 57.0. The third-order valence-electron chi connectivity index (χ3n) is 15.3. The molecule has 0 saturated carbocycles. The topological polar surface area (TPSA) is 237 Å². The fourth-order valence-corrected chi connectivity index (χ4v) is 11.5. The molecule has 0 spiro atoms. The largest absolute Gasteiger partial charge is 0.472 e. The van der Waals surface area contributed by atoms with Crippen molar-refractivity contribution in [3.05, 3.63) is 0 Å². The first kappa shape index (κ1) is 84.1. The molecule has 17 nitrogen and oxygen atoms in total. The highest BCUT2D eigenvalue weighted by atomic mass is 31.2. The van der Waals surface area contributed by atoms with E-state index in [0.717, 1.165) is 102 Å². The molecular formula is C67H130O17P2. The molecule has 5 atom stereocenters. The first-order chi connectivity index (χ1) is 41.1. The average Bonchev–Trinajstić information content (AvgIpc) is 3.65. The first-order valence-corrected chi connectivity index (χ1v) is 37.7. The van der Waals surface area contributed by atoms with E-state index in [1.54, 1.807) is 0 Å². The van der Waals surface area contributed by atoms with E-state index in [1.165, 1.54) is 122 Å². The Hall–Kier alpha value is -1.94. The van der Waals surface area contributed by atoms with E-state index >= 15 is 0 Å². The van der Waals surface area contributed by atoms with Gasteiger partial charge in [-0.25, -0.2) is 9.13 Å². The molecule has 0 aliphatic heterocycles. The number of hydrogen-bond acceptors (Lipinski definition) is 15. The Kier molecular flexibility index (Phi) is 55.7. The maximum absolute atomic E-state index is 13.0. The molecular weight excluding hydrogens is 1140 g/mol. The van der Waals surface area contributed by atoms with Crippen LogP contribution in [0.25, 0.3) is 0 Å². The number of carbonyl (C=O) groups excluding carboxylic acids is 4. The number of phosphoric ester groups is 2. The van der Waals surface area contributed by atoms with E-state index < -0.39 is 97.5 Å². The lowest BCUT2D eigenvalue weighted by molar-refractivity contribution is -0.161. The van der Waals surface area contributed by atoms with Crippen LogP contribution in [0.5, 0.6) is 0 Å². The van der Waals surface area contributed by atoms with Crippen LogP contribution in [0.1, 0.15) is 325 Å². The Morgan fingerprint density at radius 2 is 0.488 bits per heavy atom. The van der Waals surface area contributed by atoms with Crippen molar-refractivity contribution < 1.29 is 80.2 Å². The molecule has 0 aliphatic carbocycles. The standard InChI is InChI=1S/C67H130O17P2/c1-57(2)43-35-27-19-17-15-13-11-9-10-12-14-16-18-20-31-39-47-64(69)77-53-62(83-66(71)49-41-33-25-22-29-37-45-59(5)6)55-81-85(73,74)79-51-61(68)52-80-86(75,76)82-56-63(84-67(72)50-42-34-26-23-30-38-46-60(7)8)54-78-65(70)48-40-32-24-21-28-36-44-58(3)4/h57-63,68H,9-56H2,1-8H3,(H,73,74)(H,75,76)/t61-,62-,63-/m1/s1. The molecule has 0 aromatic rings. The molecule has 0 amide bonds. The summed E-state index contributed by atoms with van der Waals surface area (Å²) in [6, 6.07) is 0. The second-order valence-electron chi connectivity index (χ2n) is 26.1. The van der Waals surface area contributed by atoms with Crippen LogP contribution >= 0.6 is 15.6 Å². The highest BCUT2D eigenvalue weighted by Gasteiger charge is 2.30. The van der Waals surface area contributed by atoms with Crippen molar-refractivity contribution in [2.24, 2.45) is 23.7 Å². The molecule has 0 rings (SSSR count). The van der Waals surface area contributed by atoms with Gasteiger partial charge in [-0.05, 0) is 49.4 Å². The fourth-order valence-electron chi connectivity index (χ4n) is 9.96. The summed E-state index contributed by atoms with van der Waals surface area (Å²) in [7, 11) is -9.89. The number of carbonyl (C=O) groups is 4. The van der Waals surface area contributed by atoms with Gasteiger partial charge in [0.25, 0.3) is 0 Å². The number of phosphoric acid groups is 2. The Bertz CT molecular complexity index is 1710. The summed E-state index contributed by atoms with van der Waals surface area (Å²) in [5.41, 5.74) is 0. The van der Waals surface area contributed by atoms with Crippen molar-refractivity contribution in [1.29, 1.82) is 0 Å². The Morgan fingerprint density at radius 3 is 0.721 bits per heavy atom. The molecule has 0 saturated heterocycles. The molecule has 19 heteroatoms. The monoisotopic (exact) mass is 1270 g/mol. The summed E-state index contributed by atoms with van der Waals surface area (Å²) in [5.74, 6) is 0.686. The van der Waals surface area contributed by atoms with Crippen molar-refractivity contribution in [3.8, 4) is 0 Å². The molecule has 0 radical (unpaired) electrons. The Balaban J connectivity index is 5.12. The molecule has 0 bridgehead atoms. The van der Waals surface area contributed by atoms with E-state index in [0.29, 0.717) is 43.4 Å². The van der Waals surface area contributed by atoms with Crippen LogP contribution in [0.3, 0.4) is 0 Å². The third kappa shape index (κ3) is 60.9. The number of ether oxygens (including phenoxy) is 4. The average molecular weight is 1270 g/mol. The zero-order chi connectivity index (χ0) is 63.9. The van der Waals surface area contributed by atoms with Gasteiger partial charge in [0, 0.05) is 25.7 Å². The number of rotatable bonds is 64. The normalized spacial score (nSPS) is 14.4. The molecule has 0 aliphatic rings. The summed E-state index contributed by atoms with van der Waals surface area (Å²) in [4.78, 5) is 72.2. The molecule has 3 N–H and O–H groups in total. The van der Waals surface area contributed by atoms with Gasteiger partial charge in [0.15, 0.2) is 12.2 Å². The minimum absolute atomic E-state index is 0.100. The SMILES string of the molecule is CC(C)CCCCCCCCCCCCCCCCCCC(=O)OC[C@H](COP(=O)(O)OC[C@@H](O)COP(=O)(O)OC[C@@H](COC(=O)CCCCCCCCC(C)C)OC(=O)CCCCCCCCC(C)C)OC(=O)CCCCCCCCC(C)C. The van der Waals surface area contributed by atoms with Crippen LogP contribution in [0.15, 0.2) is 0 Å². The lowest BCUT2D eigenvalue weighted by Gasteiger charge is -2.21. The van der Waals surface area contributed by atoms with E-state index in [9.17, 15) is 43.2 Å². The van der Waals surface area contributed by atoms with Gasteiger partial charge in [0.05, 0.1) is 26.4 Å². The van der Waals surface area contributed by atoms with Crippen LogP contribution in [0.4, 0.5) is 0 Å². The smallest absolute Gasteiger partial charge is 0.462 e. The first-order valence-electron chi connectivity index (χ1n) is 34.7. The lowest BCUT2D eigenvalue weighted by atomic mass is 10.0. The molecule has 86 heavy (non-hydrogen) atoms.